The van der Waals surface area contributed by atoms with Crippen LogP contribution in [0.3, 0.4) is 0 Å². The minimum Gasteiger partial charge on any atom is -0.381 e. The van der Waals surface area contributed by atoms with Crippen molar-refractivity contribution in [3.8, 4) is 0 Å². The molecule has 0 saturated carbocycles. The second-order valence-corrected chi connectivity index (χ2v) is 4.69. The van der Waals surface area contributed by atoms with Crippen molar-refractivity contribution >= 4 is 5.78 Å². The van der Waals surface area contributed by atoms with E-state index in [1.165, 1.54) is 12.1 Å². The Balaban J connectivity index is 1.94. The van der Waals surface area contributed by atoms with E-state index in [-0.39, 0.29) is 11.6 Å². The normalized spacial score (nSPS) is 17.1. The first-order valence-corrected chi connectivity index (χ1v) is 6.23. The van der Waals surface area contributed by atoms with Crippen LogP contribution in [-0.2, 0) is 4.74 Å². The van der Waals surface area contributed by atoms with Crippen LogP contribution < -0.4 is 0 Å². The van der Waals surface area contributed by atoms with Gasteiger partial charge in [-0.1, -0.05) is 12.1 Å². The summed E-state index contributed by atoms with van der Waals surface area (Å²) in [5.74, 6) is -0.405. The van der Waals surface area contributed by atoms with Gasteiger partial charge in [-0.3, -0.25) is 9.69 Å². The van der Waals surface area contributed by atoms with E-state index in [9.17, 15) is 9.18 Å². The van der Waals surface area contributed by atoms with Crippen molar-refractivity contribution in [1.29, 1.82) is 0 Å². The number of rotatable bonds is 4. The fourth-order valence-corrected chi connectivity index (χ4v) is 2.23. The van der Waals surface area contributed by atoms with Gasteiger partial charge in [-0.25, -0.2) is 4.39 Å². The SMILES string of the molecule is CN(CC(=O)c1cccc(F)c1)C1CCOCC1. The summed E-state index contributed by atoms with van der Waals surface area (Å²) in [6.45, 7) is 1.83. The van der Waals surface area contributed by atoms with E-state index in [0.717, 1.165) is 26.1 Å². The molecule has 1 saturated heterocycles. The molecule has 1 fully saturated rings. The van der Waals surface area contributed by atoms with Crippen molar-refractivity contribution in [2.24, 2.45) is 0 Å². The number of halogens is 1. The second kappa shape index (κ2) is 6.07. The van der Waals surface area contributed by atoms with Crippen molar-refractivity contribution in [2.45, 2.75) is 18.9 Å². The van der Waals surface area contributed by atoms with Gasteiger partial charge in [0.15, 0.2) is 5.78 Å². The lowest BCUT2D eigenvalue weighted by Gasteiger charge is -2.30. The quantitative estimate of drug-likeness (QED) is 0.768. The van der Waals surface area contributed by atoms with E-state index in [1.54, 1.807) is 12.1 Å². The van der Waals surface area contributed by atoms with Gasteiger partial charge in [-0.05, 0) is 32.0 Å². The summed E-state index contributed by atoms with van der Waals surface area (Å²) < 4.78 is 18.3. The molecule has 1 aromatic carbocycles. The Hall–Kier alpha value is -1.26. The van der Waals surface area contributed by atoms with Gasteiger partial charge < -0.3 is 4.74 Å². The van der Waals surface area contributed by atoms with Crippen molar-refractivity contribution in [2.75, 3.05) is 26.8 Å². The van der Waals surface area contributed by atoms with Gasteiger partial charge in [0.1, 0.15) is 5.82 Å². The van der Waals surface area contributed by atoms with Gasteiger partial charge >= 0.3 is 0 Å². The van der Waals surface area contributed by atoms with Crippen molar-refractivity contribution in [3.63, 3.8) is 0 Å². The first-order chi connectivity index (χ1) is 8.66. The maximum absolute atomic E-state index is 13.0. The predicted octanol–water partition coefficient (Wildman–Crippen LogP) is 2.12. The number of hydrogen-bond donors (Lipinski definition) is 0. The number of Topliss-reactive ketones (excluding diaryl/α,β-unsaturated/α-hetero) is 1. The summed E-state index contributed by atoms with van der Waals surface area (Å²) in [6, 6.07) is 6.25. The van der Waals surface area contributed by atoms with Gasteiger partial charge in [0.2, 0.25) is 0 Å². The zero-order valence-corrected chi connectivity index (χ0v) is 10.6. The molecule has 4 heteroatoms. The maximum Gasteiger partial charge on any atom is 0.176 e. The zero-order chi connectivity index (χ0) is 13.0. The topological polar surface area (TPSA) is 29.5 Å². The number of likely N-dealkylation sites (N-methyl/N-ethyl adjacent to an activating group) is 1. The molecule has 0 aliphatic carbocycles. The van der Waals surface area contributed by atoms with Gasteiger partial charge in [0.25, 0.3) is 0 Å². The monoisotopic (exact) mass is 251 g/mol. The van der Waals surface area contributed by atoms with E-state index in [2.05, 4.69) is 0 Å². The highest BCUT2D eigenvalue weighted by Gasteiger charge is 2.20. The molecule has 0 radical (unpaired) electrons. The maximum atomic E-state index is 13.0. The van der Waals surface area contributed by atoms with E-state index in [1.807, 2.05) is 11.9 Å². The van der Waals surface area contributed by atoms with Gasteiger partial charge in [-0.15, -0.1) is 0 Å². The van der Waals surface area contributed by atoms with Crippen LogP contribution in [0.15, 0.2) is 24.3 Å². The number of nitrogens with zero attached hydrogens (tertiary/aromatic N) is 1. The Kier molecular flexibility index (Phi) is 4.44. The first kappa shape index (κ1) is 13.2. The molecule has 1 heterocycles. The Morgan fingerprint density at radius 2 is 2.17 bits per heavy atom. The molecule has 18 heavy (non-hydrogen) atoms. The highest BCUT2D eigenvalue weighted by molar-refractivity contribution is 5.97. The fourth-order valence-electron chi connectivity index (χ4n) is 2.23. The van der Waals surface area contributed by atoms with E-state index in [0.29, 0.717) is 18.2 Å². The van der Waals surface area contributed by atoms with Crippen LogP contribution in [0.25, 0.3) is 0 Å². The fraction of sp³-hybridized carbons (Fsp3) is 0.500. The summed E-state index contributed by atoms with van der Waals surface area (Å²) in [5, 5.41) is 0. The van der Waals surface area contributed by atoms with Crippen molar-refractivity contribution in [1.82, 2.24) is 4.90 Å². The van der Waals surface area contributed by atoms with Gasteiger partial charge in [0, 0.05) is 24.8 Å². The Morgan fingerprint density at radius 1 is 1.44 bits per heavy atom. The Morgan fingerprint density at radius 3 is 2.83 bits per heavy atom. The molecule has 3 nitrogen and oxygen atoms in total. The summed E-state index contributed by atoms with van der Waals surface area (Å²) in [6.07, 6.45) is 1.90. The summed E-state index contributed by atoms with van der Waals surface area (Å²) >= 11 is 0. The van der Waals surface area contributed by atoms with E-state index in [4.69, 9.17) is 4.74 Å². The minimum atomic E-state index is -0.366. The Labute approximate surface area is 107 Å². The molecular weight excluding hydrogens is 233 g/mol. The summed E-state index contributed by atoms with van der Waals surface area (Å²) in [4.78, 5) is 14.0. The number of ether oxygens (including phenoxy) is 1. The highest BCUT2D eigenvalue weighted by Crippen LogP contribution is 2.13. The lowest BCUT2D eigenvalue weighted by molar-refractivity contribution is 0.0418. The molecule has 0 atom stereocenters. The van der Waals surface area contributed by atoms with Crippen molar-refractivity contribution in [3.05, 3.63) is 35.6 Å². The smallest absolute Gasteiger partial charge is 0.176 e. The molecule has 98 valence electrons. The average molecular weight is 251 g/mol. The largest absolute Gasteiger partial charge is 0.381 e. The molecular formula is C14H18FNO2. The molecule has 1 aliphatic rings. The van der Waals surface area contributed by atoms with E-state index >= 15 is 0 Å². The third-order valence-corrected chi connectivity index (χ3v) is 3.35. The predicted molar refractivity (Wildman–Crippen MR) is 67.2 cm³/mol. The standard InChI is InChI=1S/C14H18FNO2/c1-16(13-5-7-18-8-6-13)10-14(17)11-3-2-4-12(15)9-11/h2-4,9,13H,5-8,10H2,1H3. The van der Waals surface area contributed by atoms with E-state index < -0.39 is 0 Å². The highest BCUT2D eigenvalue weighted by atomic mass is 19.1. The summed E-state index contributed by atoms with van der Waals surface area (Å²) in [7, 11) is 1.94. The number of carbonyl (C=O) groups is 1. The molecule has 0 unspecified atom stereocenters. The average Bonchev–Trinajstić information content (AvgIpc) is 2.39. The third kappa shape index (κ3) is 3.37. The number of benzene rings is 1. The van der Waals surface area contributed by atoms with Crippen LogP contribution in [0.1, 0.15) is 23.2 Å². The van der Waals surface area contributed by atoms with Crippen LogP contribution in [0.5, 0.6) is 0 Å². The number of hydrogen-bond acceptors (Lipinski definition) is 3. The van der Waals surface area contributed by atoms with Crippen LogP contribution in [0.2, 0.25) is 0 Å². The lowest BCUT2D eigenvalue weighted by Crippen LogP contribution is -2.39. The van der Waals surface area contributed by atoms with Gasteiger partial charge in [-0.2, -0.15) is 0 Å². The summed E-state index contributed by atoms with van der Waals surface area (Å²) in [5.41, 5.74) is 0.439. The van der Waals surface area contributed by atoms with Crippen LogP contribution in [0, 0.1) is 5.82 Å². The van der Waals surface area contributed by atoms with Crippen molar-refractivity contribution < 1.29 is 13.9 Å². The zero-order valence-electron chi connectivity index (χ0n) is 10.6. The number of carbonyl (C=O) groups excluding carboxylic acids is 1. The van der Waals surface area contributed by atoms with Crippen LogP contribution in [-0.4, -0.2) is 43.5 Å². The van der Waals surface area contributed by atoms with Crippen LogP contribution in [0.4, 0.5) is 4.39 Å². The molecule has 0 amide bonds. The molecule has 0 spiro atoms. The molecule has 1 aliphatic heterocycles. The molecule has 2 rings (SSSR count). The molecule has 1 aromatic rings. The molecule has 0 N–H and O–H groups in total. The lowest BCUT2D eigenvalue weighted by atomic mass is 10.1. The Bertz CT molecular complexity index is 416. The third-order valence-electron chi connectivity index (χ3n) is 3.35. The number of ketones is 1. The first-order valence-electron chi connectivity index (χ1n) is 6.23. The molecule has 0 bridgehead atoms. The minimum absolute atomic E-state index is 0.0384. The van der Waals surface area contributed by atoms with Crippen LogP contribution >= 0.6 is 0 Å². The second-order valence-electron chi connectivity index (χ2n) is 4.69. The van der Waals surface area contributed by atoms with Gasteiger partial charge in [0.05, 0.1) is 6.54 Å². The molecule has 0 aromatic heterocycles.